The van der Waals surface area contributed by atoms with E-state index < -0.39 is 26.5 Å². The summed E-state index contributed by atoms with van der Waals surface area (Å²) >= 11 is 0. The average Bonchev–Trinajstić information content (AvgIpc) is 3.40. The lowest BCUT2D eigenvalue weighted by Gasteiger charge is -2.19. The molecule has 0 aromatic heterocycles. The van der Waals surface area contributed by atoms with Crippen LogP contribution in [0.1, 0.15) is 373 Å². The van der Waals surface area contributed by atoms with Crippen molar-refractivity contribution in [3.63, 3.8) is 0 Å². The van der Waals surface area contributed by atoms with Crippen molar-refractivity contribution in [2.45, 2.75) is 380 Å². The molecule has 0 saturated heterocycles. The van der Waals surface area contributed by atoms with Crippen LogP contribution in [0.4, 0.5) is 0 Å². The number of unbranched alkanes of at least 4 members (excludes halogenated alkanes) is 52. The van der Waals surface area contributed by atoms with Crippen LogP contribution >= 0.6 is 7.82 Å². The third-order valence-corrected chi connectivity index (χ3v) is 16.5. The van der Waals surface area contributed by atoms with E-state index >= 15 is 0 Å². The van der Waals surface area contributed by atoms with Crippen LogP contribution in [0.5, 0.6) is 0 Å². The third kappa shape index (κ3) is 62.1. The van der Waals surface area contributed by atoms with E-state index in [4.69, 9.17) is 24.3 Å². The zero-order chi connectivity index (χ0) is 54.5. The summed E-state index contributed by atoms with van der Waals surface area (Å²) in [6.45, 7) is 3.84. The van der Waals surface area contributed by atoms with Crippen molar-refractivity contribution in [1.82, 2.24) is 0 Å². The highest BCUT2D eigenvalue weighted by atomic mass is 31.2. The molecule has 0 fully saturated rings. The molecule has 0 aromatic carbocycles. The molecule has 0 aliphatic carbocycles. The van der Waals surface area contributed by atoms with Gasteiger partial charge in [-0.25, -0.2) is 4.57 Å². The summed E-state index contributed by atoms with van der Waals surface area (Å²) in [6, 6.07) is 0. The van der Waals surface area contributed by atoms with E-state index in [1.54, 1.807) is 0 Å². The zero-order valence-corrected chi connectivity index (χ0v) is 51.2. The van der Waals surface area contributed by atoms with Gasteiger partial charge >= 0.3 is 19.8 Å². The molecule has 0 aromatic rings. The quantitative estimate of drug-likeness (QED) is 0.0347. The van der Waals surface area contributed by atoms with Crippen molar-refractivity contribution in [2.24, 2.45) is 5.73 Å². The van der Waals surface area contributed by atoms with Gasteiger partial charge in [0.1, 0.15) is 6.61 Å². The minimum Gasteiger partial charge on any atom is -0.462 e. The molecule has 0 spiro atoms. The number of esters is 2. The highest BCUT2D eigenvalue weighted by Crippen LogP contribution is 2.43. The van der Waals surface area contributed by atoms with E-state index in [0.717, 1.165) is 32.1 Å². The predicted octanol–water partition coefficient (Wildman–Crippen LogP) is 21.4. The Hall–Kier alpha value is -0.990. The van der Waals surface area contributed by atoms with Crippen molar-refractivity contribution in [3.8, 4) is 0 Å². The highest BCUT2D eigenvalue weighted by Gasteiger charge is 2.26. The monoisotopic (exact) mass is 1080 g/mol. The van der Waals surface area contributed by atoms with Crippen molar-refractivity contribution in [3.05, 3.63) is 0 Å². The second kappa shape index (κ2) is 62.2. The Balaban J connectivity index is 3.76. The molecule has 2 atom stereocenters. The molecule has 0 aliphatic heterocycles. The lowest BCUT2D eigenvalue weighted by molar-refractivity contribution is -0.161. The van der Waals surface area contributed by atoms with Crippen LogP contribution < -0.4 is 5.73 Å². The summed E-state index contributed by atoms with van der Waals surface area (Å²) in [5.74, 6) is -0.800. The first-order valence-corrected chi connectivity index (χ1v) is 35.0. The minimum atomic E-state index is -4.38. The molecule has 0 rings (SSSR count). The van der Waals surface area contributed by atoms with Crippen LogP contribution in [-0.2, 0) is 32.7 Å². The number of phosphoric ester groups is 1. The molecule has 9 nitrogen and oxygen atoms in total. The first-order valence-electron chi connectivity index (χ1n) is 33.5. The molecule has 75 heavy (non-hydrogen) atoms. The van der Waals surface area contributed by atoms with E-state index in [1.807, 2.05) is 0 Å². The van der Waals surface area contributed by atoms with Gasteiger partial charge in [-0.2, -0.15) is 0 Å². The highest BCUT2D eigenvalue weighted by molar-refractivity contribution is 7.47. The average molecular weight is 1080 g/mol. The maximum atomic E-state index is 12.7. The summed E-state index contributed by atoms with van der Waals surface area (Å²) in [7, 11) is -4.38. The van der Waals surface area contributed by atoms with E-state index in [0.29, 0.717) is 6.42 Å². The van der Waals surface area contributed by atoms with Crippen molar-refractivity contribution in [2.75, 3.05) is 26.4 Å². The molecule has 3 N–H and O–H groups in total. The molecule has 0 aliphatic rings. The Kier molecular flexibility index (Phi) is 61.4. The van der Waals surface area contributed by atoms with E-state index in [-0.39, 0.29) is 38.6 Å². The lowest BCUT2D eigenvalue weighted by Crippen LogP contribution is -2.29. The van der Waals surface area contributed by atoms with E-state index in [1.165, 1.54) is 308 Å². The summed E-state index contributed by atoms with van der Waals surface area (Å²) in [6.07, 6.45) is 72.0. The van der Waals surface area contributed by atoms with Crippen LogP contribution in [-0.4, -0.2) is 49.3 Å². The van der Waals surface area contributed by atoms with Crippen LogP contribution in [0.2, 0.25) is 0 Å². The van der Waals surface area contributed by atoms with Gasteiger partial charge in [-0.05, 0) is 12.8 Å². The molecule has 448 valence electrons. The fourth-order valence-corrected chi connectivity index (χ4v) is 11.3. The zero-order valence-electron chi connectivity index (χ0n) is 50.3. The fourth-order valence-electron chi connectivity index (χ4n) is 10.5. The van der Waals surface area contributed by atoms with Gasteiger partial charge in [0.05, 0.1) is 13.2 Å². The van der Waals surface area contributed by atoms with Crippen LogP contribution in [0.15, 0.2) is 0 Å². The van der Waals surface area contributed by atoms with Gasteiger partial charge in [-0.3, -0.25) is 18.6 Å². The number of hydrogen-bond donors (Lipinski definition) is 2. The summed E-state index contributed by atoms with van der Waals surface area (Å²) in [5.41, 5.74) is 5.39. The fraction of sp³-hybridized carbons (Fsp3) is 0.969. The van der Waals surface area contributed by atoms with Crippen molar-refractivity contribution >= 4 is 19.8 Å². The summed E-state index contributed by atoms with van der Waals surface area (Å²) < 4.78 is 33.1. The number of ether oxygens (including phenoxy) is 2. The summed E-state index contributed by atoms with van der Waals surface area (Å²) in [4.78, 5) is 35.3. The van der Waals surface area contributed by atoms with E-state index in [9.17, 15) is 19.0 Å². The number of carbonyl (C=O) groups excluding carboxylic acids is 2. The van der Waals surface area contributed by atoms with Crippen molar-refractivity contribution in [1.29, 1.82) is 0 Å². The van der Waals surface area contributed by atoms with E-state index in [2.05, 4.69) is 13.8 Å². The maximum Gasteiger partial charge on any atom is 0.472 e. The second-order valence-corrected chi connectivity index (χ2v) is 24.5. The summed E-state index contributed by atoms with van der Waals surface area (Å²) in [5, 5.41) is 0. The molecular formula is C65H130NO8P. The SMILES string of the molecule is CCCCCCCCCCCCCCCCCCCCCCCCCCCCCCCCCCCCCC(=O)OC(COC(=O)CCCCCCCCCCCCCCCCCCCCC)COP(=O)(O)OCCN. The van der Waals surface area contributed by atoms with Gasteiger partial charge in [0, 0.05) is 19.4 Å². The Morgan fingerprint density at radius 1 is 0.347 bits per heavy atom. The maximum absolute atomic E-state index is 12.7. The van der Waals surface area contributed by atoms with Crippen molar-refractivity contribution < 1.29 is 37.6 Å². The van der Waals surface area contributed by atoms with Gasteiger partial charge < -0.3 is 20.1 Å². The van der Waals surface area contributed by atoms with Crippen LogP contribution in [0.25, 0.3) is 0 Å². The number of hydrogen-bond acceptors (Lipinski definition) is 8. The standard InChI is InChI=1S/C65H130NO8P/c1-3-5-7-9-11-13-15-17-19-21-23-24-25-26-27-28-29-30-31-32-33-34-35-36-37-38-40-42-44-46-48-50-52-54-56-58-65(68)74-63(62-73-75(69,70)72-60-59-66)61-71-64(67)57-55-53-51-49-47-45-43-41-39-22-20-18-16-14-12-10-8-6-4-2/h63H,3-62,66H2,1-2H3,(H,69,70). The molecular weight excluding hydrogens is 954 g/mol. The van der Waals surface area contributed by atoms with Gasteiger partial charge in [0.2, 0.25) is 0 Å². The van der Waals surface area contributed by atoms with Gasteiger partial charge in [-0.1, -0.05) is 348 Å². The van der Waals surface area contributed by atoms with Gasteiger partial charge in [0.15, 0.2) is 6.10 Å². The molecule has 10 heteroatoms. The van der Waals surface area contributed by atoms with Crippen LogP contribution in [0, 0.1) is 0 Å². The lowest BCUT2D eigenvalue weighted by atomic mass is 10.0. The number of nitrogens with two attached hydrogens (primary N) is 1. The Morgan fingerprint density at radius 2 is 0.573 bits per heavy atom. The number of rotatable bonds is 65. The smallest absolute Gasteiger partial charge is 0.462 e. The Morgan fingerprint density at radius 3 is 0.813 bits per heavy atom. The Labute approximate surface area is 467 Å². The van der Waals surface area contributed by atoms with Gasteiger partial charge in [0.25, 0.3) is 0 Å². The van der Waals surface area contributed by atoms with Crippen LogP contribution in [0.3, 0.4) is 0 Å². The molecule has 2 unspecified atom stereocenters. The minimum absolute atomic E-state index is 0.0587. The topological polar surface area (TPSA) is 134 Å². The molecule has 0 radical (unpaired) electrons. The first kappa shape index (κ1) is 74.0. The second-order valence-electron chi connectivity index (χ2n) is 23.1. The largest absolute Gasteiger partial charge is 0.472 e. The molecule has 0 heterocycles. The molecule has 0 amide bonds. The van der Waals surface area contributed by atoms with Gasteiger partial charge in [-0.15, -0.1) is 0 Å². The number of carbonyl (C=O) groups is 2. The first-order chi connectivity index (χ1) is 36.8. The predicted molar refractivity (Wildman–Crippen MR) is 322 cm³/mol. The molecule has 0 saturated carbocycles. The third-order valence-electron chi connectivity index (χ3n) is 15.5. The normalized spacial score (nSPS) is 12.9. The Bertz CT molecular complexity index is 1190. The molecule has 0 bridgehead atoms. The number of phosphoric acid groups is 1.